The van der Waals surface area contributed by atoms with Crippen LogP contribution < -0.4 is 5.32 Å². The van der Waals surface area contributed by atoms with Crippen molar-refractivity contribution in [1.82, 2.24) is 10.4 Å². The van der Waals surface area contributed by atoms with Crippen molar-refractivity contribution in [3.63, 3.8) is 0 Å². The summed E-state index contributed by atoms with van der Waals surface area (Å²) in [4.78, 5) is 35.1. The molecule has 2 aliphatic heterocycles. The predicted octanol–water partition coefficient (Wildman–Crippen LogP) is 4.78. The lowest BCUT2D eigenvalue weighted by atomic mass is 9.86. The van der Waals surface area contributed by atoms with Gasteiger partial charge in [0.1, 0.15) is 12.6 Å². The first kappa shape index (κ1) is 25.3. The van der Waals surface area contributed by atoms with E-state index in [-0.39, 0.29) is 39.4 Å². The Hall–Kier alpha value is -2.82. The maximum atomic E-state index is 14.2. The highest BCUT2D eigenvalue weighted by atomic mass is 35.5. The van der Waals surface area contributed by atoms with Crippen LogP contribution in [-0.4, -0.2) is 48.0 Å². The van der Waals surface area contributed by atoms with Crippen LogP contribution in [0.25, 0.3) is 0 Å². The van der Waals surface area contributed by atoms with Crippen LogP contribution in [0.3, 0.4) is 0 Å². The van der Waals surface area contributed by atoms with Gasteiger partial charge in [0.2, 0.25) is 0 Å². The van der Waals surface area contributed by atoms with Gasteiger partial charge in [0.05, 0.1) is 5.71 Å². The minimum atomic E-state index is -4.82. The van der Waals surface area contributed by atoms with Crippen molar-refractivity contribution in [2.24, 2.45) is 5.16 Å². The van der Waals surface area contributed by atoms with Crippen molar-refractivity contribution in [2.45, 2.75) is 38.1 Å². The van der Waals surface area contributed by atoms with Gasteiger partial charge in [-0.2, -0.15) is 13.2 Å². The van der Waals surface area contributed by atoms with Gasteiger partial charge in [-0.1, -0.05) is 34.4 Å². The van der Waals surface area contributed by atoms with E-state index in [1.807, 2.05) is 0 Å². The van der Waals surface area contributed by atoms with E-state index in [1.54, 1.807) is 19.9 Å². The molecule has 12 heteroatoms. The summed E-state index contributed by atoms with van der Waals surface area (Å²) in [5, 5.41) is 7.59. The lowest BCUT2D eigenvalue weighted by Crippen LogP contribution is -2.43. The molecule has 0 radical (unpaired) electrons. The van der Waals surface area contributed by atoms with Crippen LogP contribution in [-0.2, 0) is 20.1 Å². The van der Waals surface area contributed by atoms with Gasteiger partial charge in [0, 0.05) is 34.1 Å². The number of likely N-dealkylation sites (N-methyl/N-ethyl adjacent to an activating group) is 1. The third kappa shape index (κ3) is 4.70. The molecule has 2 aliphatic rings. The summed E-state index contributed by atoms with van der Waals surface area (Å²) in [6.07, 6.45) is -5.43. The Morgan fingerprint density at radius 3 is 2.49 bits per heavy atom. The number of nitrogens with one attached hydrogen (secondary N) is 1. The Morgan fingerprint density at radius 2 is 1.91 bits per heavy atom. The number of hydrogen-bond donors (Lipinski definition) is 1. The third-order valence-electron chi connectivity index (χ3n) is 5.85. The van der Waals surface area contributed by atoms with Crippen LogP contribution in [0, 0.1) is 6.92 Å². The number of alkyl halides is 3. The summed E-state index contributed by atoms with van der Waals surface area (Å²) in [7, 11) is 0. The molecule has 1 N–H and O–H groups in total. The topological polar surface area (TPSA) is 80.2 Å². The van der Waals surface area contributed by atoms with E-state index in [0.29, 0.717) is 17.7 Å². The number of hydrogen-bond acceptors (Lipinski definition) is 5. The molecule has 1 fully saturated rings. The van der Waals surface area contributed by atoms with Crippen LogP contribution >= 0.6 is 23.2 Å². The quantitative estimate of drug-likeness (QED) is 0.604. The van der Waals surface area contributed by atoms with Gasteiger partial charge in [-0.3, -0.25) is 14.4 Å². The standard InChI is InChI=1S/C23H20Cl2F3N3O4/c1-3-31-21(33)19(11-34-31)29-20(32)17-5-4-13(6-12(17)2)18-10-22(35-30-18,23(26,27)28)14-7-15(24)9-16(25)8-14/h4-9,19H,3,10-11H2,1-2H3,(H,29,32)/t19-,22-/m0/s1. The Labute approximate surface area is 208 Å². The van der Waals surface area contributed by atoms with Crippen molar-refractivity contribution < 1.29 is 32.4 Å². The Balaban J connectivity index is 1.56. The number of aryl methyl sites for hydroxylation is 1. The van der Waals surface area contributed by atoms with Gasteiger partial charge in [0.25, 0.3) is 17.4 Å². The van der Waals surface area contributed by atoms with E-state index in [4.69, 9.17) is 32.9 Å². The van der Waals surface area contributed by atoms with Crippen molar-refractivity contribution in [3.05, 3.63) is 68.7 Å². The minimum absolute atomic E-state index is 0.0245. The van der Waals surface area contributed by atoms with E-state index in [9.17, 15) is 22.8 Å². The smallest absolute Gasteiger partial charge is 0.374 e. The molecule has 0 aliphatic carbocycles. The first-order valence-corrected chi connectivity index (χ1v) is 11.4. The molecule has 0 unspecified atom stereocenters. The number of carbonyl (C=O) groups is 2. The monoisotopic (exact) mass is 529 g/mol. The van der Waals surface area contributed by atoms with Gasteiger partial charge in [-0.15, -0.1) is 0 Å². The van der Waals surface area contributed by atoms with E-state index >= 15 is 0 Å². The van der Waals surface area contributed by atoms with Gasteiger partial charge in [-0.05, 0) is 55.3 Å². The van der Waals surface area contributed by atoms with Crippen LogP contribution in [0.1, 0.15) is 40.4 Å². The van der Waals surface area contributed by atoms with Crippen molar-refractivity contribution in [1.29, 1.82) is 0 Å². The second kappa shape index (κ2) is 9.33. The fourth-order valence-corrected chi connectivity index (χ4v) is 4.53. The van der Waals surface area contributed by atoms with Crippen molar-refractivity contribution in [3.8, 4) is 0 Å². The first-order chi connectivity index (χ1) is 16.4. The number of rotatable bonds is 5. The molecule has 2 atom stereocenters. The Bertz CT molecular complexity index is 1200. The van der Waals surface area contributed by atoms with E-state index in [2.05, 4.69) is 10.5 Å². The number of hydroxylamine groups is 2. The summed E-state index contributed by atoms with van der Waals surface area (Å²) in [5.74, 6) is -0.853. The van der Waals surface area contributed by atoms with Gasteiger partial charge >= 0.3 is 6.18 Å². The SMILES string of the molecule is CCN1OC[C@H](NC(=O)c2ccc(C3=NO[C@@](c4cc(Cl)cc(Cl)c4)(C(F)(F)F)C3)cc2C)C1=O. The van der Waals surface area contributed by atoms with Crippen molar-refractivity contribution in [2.75, 3.05) is 13.2 Å². The normalized spacial score (nSPS) is 22.3. The zero-order valence-electron chi connectivity index (χ0n) is 18.6. The molecule has 0 spiro atoms. The average molecular weight is 530 g/mol. The van der Waals surface area contributed by atoms with E-state index in [0.717, 1.165) is 12.1 Å². The number of oxime groups is 1. The molecule has 0 saturated carbocycles. The number of carbonyl (C=O) groups excluding carboxylic acids is 2. The molecule has 2 amide bonds. The lowest BCUT2D eigenvalue weighted by Gasteiger charge is -2.29. The van der Waals surface area contributed by atoms with Gasteiger partial charge in [0.15, 0.2) is 0 Å². The molecule has 35 heavy (non-hydrogen) atoms. The second-order valence-corrected chi connectivity index (χ2v) is 9.05. The van der Waals surface area contributed by atoms with Gasteiger partial charge < -0.3 is 10.2 Å². The summed E-state index contributed by atoms with van der Waals surface area (Å²) in [6, 6.07) is 7.28. The van der Waals surface area contributed by atoms with Crippen molar-refractivity contribution >= 4 is 40.7 Å². The largest absolute Gasteiger partial charge is 0.435 e. The molecule has 186 valence electrons. The zero-order valence-corrected chi connectivity index (χ0v) is 20.1. The average Bonchev–Trinajstić information content (AvgIpc) is 3.38. The molecule has 7 nitrogen and oxygen atoms in total. The van der Waals surface area contributed by atoms with Crippen LogP contribution in [0.4, 0.5) is 13.2 Å². The summed E-state index contributed by atoms with van der Waals surface area (Å²) in [6.45, 7) is 3.75. The minimum Gasteiger partial charge on any atom is -0.374 e. The molecule has 4 rings (SSSR count). The lowest BCUT2D eigenvalue weighted by molar-refractivity contribution is -0.275. The first-order valence-electron chi connectivity index (χ1n) is 10.6. The molecule has 0 aromatic heterocycles. The summed E-state index contributed by atoms with van der Waals surface area (Å²) < 4.78 is 42.6. The molecular formula is C23H20Cl2F3N3O4. The molecule has 2 aromatic carbocycles. The highest BCUT2D eigenvalue weighted by Crippen LogP contribution is 2.49. The second-order valence-electron chi connectivity index (χ2n) is 8.17. The number of nitrogens with zero attached hydrogens (tertiary/aromatic N) is 2. The number of amides is 2. The molecule has 1 saturated heterocycles. The van der Waals surface area contributed by atoms with Gasteiger partial charge in [-0.25, -0.2) is 5.06 Å². The zero-order chi connectivity index (χ0) is 25.5. The highest BCUT2D eigenvalue weighted by Gasteiger charge is 2.62. The Morgan fingerprint density at radius 1 is 1.23 bits per heavy atom. The number of benzene rings is 2. The summed E-state index contributed by atoms with van der Waals surface area (Å²) in [5.41, 5.74) is -1.87. The predicted molar refractivity (Wildman–Crippen MR) is 122 cm³/mol. The maximum absolute atomic E-state index is 14.2. The fraction of sp³-hybridized carbons (Fsp3) is 0.348. The number of halogens is 5. The van der Waals surface area contributed by atoms with E-state index in [1.165, 1.54) is 23.3 Å². The molecule has 2 heterocycles. The van der Waals surface area contributed by atoms with Crippen LogP contribution in [0.15, 0.2) is 41.6 Å². The van der Waals surface area contributed by atoms with Crippen LogP contribution in [0.5, 0.6) is 0 Å². The van der Waals surface area contributed by atoms with Crippen LogP contribution in [0.2, 0.25) is 10.0 Å². The third-order valence-corrected chi connectivity index (χ3v) is 6.29. The fourth-order valence-electron chi connectivity index (χ4n) is 4.00. The molecular weight excluding hydrogens is 510 g/mol. The van der Waals surface area contributed by atoms with E-state index < -0.39 is 30.1 Å². The molecule has 0 bridgehead atoms. The maximum Gasteiger partial charge on any atom is 0.435 e. The highest BCUT2D eigenvalue weighted by molar-refractivity contribution is 6.34. The summed E-state index contributed by atoms with van der Waals surface area (Å²) >= 11 is 11.9. The molecule has 2 aromatic rings. The Kier molecular flexibility index (Phi) is 6.74.